The van der Waals surface area contributed by atoms with Gasteiger partial charge in [-0.1, -0.05) is 0 Å². The second-order valence-electron chi connectivity index (χ2n) is 12.1. The third-order valence-corrected chi connectivity index (χ3v) is 7.46. The summed E-state index contributed by atoms with van der Waals surface area (Å²) in [5.41, 5.74) is -0.391. The van der Waals surface area contributed by atoms with Gasteiger partial charge < -0.3 is 40.2 Å². The van der Waals surface area contributed by atoms with Crippen molar-refractivity contribution in [1.82, 2.24) is 10.6 Å². The number of ether oxygens (including phenoxy) is 3. The summed E-state index contributed by atoms with van der Waals surface area (Å²) < 4.78 is 17.9. The first kappa shape index (κ1) is 28.9. The van der Waals surface area contributed by atoms with Crippen LogP contribution in [0.3, 0.4) is 0 Å². The number of esters is 1. The van der Waals surface area contributed by atoms with Crippen molar-refractivity contribution in [3.8, 4) is 0 Å². The maximum absolute atomic E-state index is 13.1. The van der Waals surface area contributed by atoms with Crippen LogP contribution in [0.15, 0.2) is 11.6 Å². The van der Waals surface area contributed by atoms with Gasteiger partial charge in [-0.2, -0.15) is 0 Å². The average molecular weight is 539 g/mol. The van der Waals surface area contributed by atoms with Crippen molar-refractivity contribution < 1.29 is 43.9 Å². The minimum absolute atomic E-state index is 0.0207. The van der Waals surface area contributed by atoms with Crippen molar-refractivity contribution in [1.29, 1.82) is 0 Å². The molecule has 3 aliphatic carbocycles. The first-order chi connectivity index (χ1) is 17.8. The van der Waals surface area contributed by atoms with Gasteiger partial charge in [0.1, 0.15) is 23.9 Å². The van der Waals surface area contributed by atoms with Crippen molar-refractivity contribution in [3.05, 3.63) is 11.6 Å². The minimum Gasteiger partial charge on any atom is -0.460 e. The van der Waals surface area contributed by atoms with Crippen molar-refractivity contribution >= 4 is 17.8 Å². The molecule has 2 saturated carbocycles. The molecule has 0 bridgehead atoms. The van der Waals surface area contributed by atoms with Crippen LogP contribution in [-0.4, -0.2) is 87.6 Å². The zero-order chi connectivity index (χ0) is 27.8. The highest BCUT2D eigenvalue weighted by Crippen LogP contribution is 2.59. The summed E-state index contributed by atoms with van der Waals surface area (Å²) in [4.78, 5) is 38.0. The molecule has 0 unspecified atom stereocenters. The average Bonchev–Trinajstić information content (AvgIpc) is 3.75. The first-order valence-corrected chi connectivity index (χ1v) is 13.7. The summed E-state index contributed by atoms with van der Waals surface area (Å²) in [5.74, 6) is -1.81. The van der Waals surface area contributed by atoms with Gasteiger partial charge in [0.25, 0.3) is 0 Å². The molecule has 4 aliphatic rings. The van der Waals surface area contributed by atoms with E-state index in [1.807, 2.05) is 0 Å². The quantitative estimate of drug-likeness (QED) is 0.235. The Balaban J connectivity index is 1.36. The fraction of sp³-hybridized carbons (Fsp3) is 0.815. The van der Waals surface area contributed by atoms with Crippen molar-refractivity contribution in [3.63, 3.8) is 0 Å². The zero-order valence-corrected chi connectivity index (χ0v) is 22.6. The molecule has 0 aromatic heterocycles. The van der Waals surface area contributed by atoms with Crippen LogP contribution in [0.25, 0.3) is 0 Å². The lowest BCUT2D eigenvalue weighted by Gasteiger charge is -2.29. The Bertz CT molecular complexity index is 923. The molecule has 3 fully saturated rings. The van der Waals surface area contributed by atoms with E-state index < -0.39 is 72.3 Å². The standard InChI is InChI=1S/C27H42N2O9/c1-14(31)22(25(35)28-18(13-30)9-10-21(33)37-26(2,3)4)29-24(34)15-11-19(32)23-20(12-15)36-27(38-23,16-5-6-16)17-7-8-17/h12,14,16-20,22-23,30-32H,5-11,13H2,1-4H3,(H,28,35)(H,29,34)/t14-,18-,19+,20+,22+,23-/m0/s1. The van der Waals surface area contributed by atoms with Gasteiger partial charge in [0.05, 0.1) is 24.9 Å². The molecule has 214 valence electrons. The third-order valence-electron chi connectivity index (χ3n) is 7.46. The minimum atomic E-state index is -1.31. The number of carbonyl (C=O) groups is 3. The van der Waals surface area contributed by atoms with E-state index in [1.165, 1.54) is 6.92 Å². The van der Waals surface area contributed by atoms with Crippen molar-refractivity contribution in [2.45, 2.75) is 121 Å². The molecule has 0 aromatic rings. The van der Waals surface area contributed by atoms with Crippen LogP contribution >= 0.6 is 0 Å². The number of aliphatic hydroxyl groups is 3. The SMILES string of the molecule is C[C@H](O)[C@@H](NC(=O)C1=C[C@H]2OC(C3CC3)(C3CC3)O[C@H]2[C@H](O)C1)C(=O)N[C@H](CO)CCC(=O)OC(C)(C)C. The second-order valence-corrected chi connectivity index (χ2v) is 12.1. The van der Waals surface area contributed by atoms with Crippen LogP contribution in [0, 0.1) is 11.8 Å². The van der Waals surface area contributed by atoms with E-state index in [1.54, 1.807) is 26.8 Å². The highest BCUT2D eigenvalue weighted by Gasteiger charge is 2.64. The fourth-order valence-corrected chi connectivity index (χ4v) is 5.30. The fourth-order valence-electron chi connectivity index (χ4n) is 5.30. The molecular weight excluding hydrogens is 496 g/mol. The monoisotopic (exact) mass is 538 g/mol. The smallest absolute Gasteiger partial charge is 0.306 e. The molecule has 1 heterocycles. The van der Waals surface area contributed by atoms with E-state index in [0.717, 1.165) is 25.7 Å². The Morgan fingerprint density at radius 3 is 2.29 bits per heavy atom. The van der Waals surface area contributed by atoms with E-state index in [0.29, 0.717) is 11.8 Å². The lowest BCUT2D eigenvalue weighted by Crippen LogP contribution is -2.55. The highest BCUT2D eigenvalue weighted by molar-refractivity contribution is 5.97. The molecule has 4 rings (SSSR count). The lowest BCUT2D eigenvalue weighted by atomic mass is 9.91. The van der Waals surface area contributed by atoms with Crippen LogP contribution in [-0.2, 0) is 28.6 Å². The Kier molecular flexibility index (Phi) is 8.54. The molecule has 5 N–H and O–H groups in total. The van der Waals surface area contributed by atoms with Gasteiger partial charge in [-0.15, -0.1) is 0 Å². The van der Waals surface area contributed by atoms with E-state index >= 15 is 0 Å². The number of nitrogens with one attached hydrogen (secondary N) is 2. The van der Waals surface area contributed by atoms with E-state index in [9.17, 15) is 29.7 Å². The summed E-state index contributed by atoms with van der Waals surface area (Å²) in [6.45, 7) is 6.17. The summed E-state index contributed by atoms with van der Waals surface area (Å²) >= 11 is 0. The van der Waals surface area contributed by atoms with E-state index in [4.69, 9.17) is 14.2 Å². The number of aliphatic hydroxyl groups excluding tert-OH is 3. The summed E-state index contributed by atoms with van der Waals surface area (Å²) in [5, 5.41) is 35.9. The largest absolute Gasteiger partial charge is 0.460 e. The number of hydrogen-bond acceptors (Lipinski definition) is 9. The maximum atomic E-state index is 13.1. The Hall–Kier alpha value is -2.05. The molecule has 1 saturated heterocycles. The molecular formula is C27H42N2O9. The van der Waals surface area contributed by atoms with Crippen LogP contribution < -0.4 is 10.6 Å². The molecule has 38 heavy (non-hydrogen) atoms. The number of rotatable bonds is 11. The molecule has 0 spiro atoms. The second kappa shape index (κ2) is 11.2. The van der Waals surface area contributed by atoms with E-state index in [2.05, 4.69) is 10.6 Å². The zero-order valence-electron chi connectivity index (χ0n) is 22.6. The highest BCUT2D eigenvalue weighted by atomic mass is 16.8. The van der Waals surface area contributed by atoms with Gasteiger partial charge >= 0.3 is 5.97 Å². The van der Waals surface area contributed by atoms with Crippen LogP contribution in [0.5, 0.6) is 0 Å². The van der Waals surface area contributed by atoms with Crippen molar-refractivity contribution in [2.75, 3.05) is 6.61 Å². The lowest BCUT2D eigenvalue weighted by molar-refractivity contribution is -0.209. The van der Waals surface area contributed by atoms with Gasteiger partial charge in [-0.25, -0.2) is 0 Å². The summed E-state index contributed by atoms with van der Waals surface area (Å²) in [6, 6.07) is -2.08. The van der Waals surface area contributed by atoms with Gasteiger partial charge in [-0.05, 0) is 65.9 Å². The molecule has 6 atom stereocenters. The number of fused-ring (bicyclic) bond motifs is 1. The number of carbonyl (C=O) groups excluding carboxylic acids is 3. The first-order valence-electron chi connectivity index (χ1n) is 13.7. The van der Waals surface area contributed by atoms with Gasteiger partial charge in [-0.3, -0.25) is 14.4 Å². The molecule has 0 radical (unpaired) electrons. The van der Waals surface area contributed by atoms with Crippen molar-refractivity contribution in [2.24, 2.45) is 11.8 Å². The van der Waals surface area contributed by atoms with Gasteiger partial charge in [0.2, 0.25) is 11.8 Å². The maximum Gasteiger partial charge on any atom is 0.306 e. The van der Waals surface area contributed by atoms with Crippen LogP contribution in [0.4, 0.5) is 0 Å². The summed E-state index contributed by atoms with van der Waals surface area (Å²) in [7, 11) is 0. The normalized spacial score (nSPS) is 28.9. The third kappa shape index (κ3) is 6.74. The Labute approximate surface area is 223 Å². The van der Waals surface area contributed by atoms with Crippen LogP contribution in [0.2, 0.25) is 0 Å². The topological polar surface area (TPSA) is 164 Å². The Morgan fingerprint density at radius 1 is 1.13 bits per heavy atom. The number of amides is 2. The van der Waals surface area contributed by atoms with Crippen LogP contribution in [0.1, 0.15) is 72.6 Å². The van der Waals surface area contributed by atoms with E-state index in [-0.39, 0.29) is 24.8 Å². The van der Waals surface area contributed by atoms with Gasteiger partial charge in [0, 0.05) is 30.3 Å². The molecule has 1 aliphatic heterocycles. The predicted octanol–water partition coefficient (Wildman–Crippen LogP) is 0.442. The molecule has 11 nitrogen and oxygen atoms in total. The molecule has 11 heteroatoms. The number of hydrogen-bond donors (Lipinski definition) is 5. The van der Waals surface area contributed by atoms with Gasteiger partial charge in [0.15, 0.2) is 5.79 Å². The molecule has 0 aromatic carbocycles. The molecule has 2 amide bonds. The predicted molar refractivity (Wildman–Crippen MR) is 134 cm³/mol. The summed E-state index contributed by atoms with van der Waals surface area (Å²) in [6.07, 6.45) is 2.63. The Morgan fingerprint density at radius 2 is 1.76 bits per heavy atom.